The van der Waals surface area contributed by atoms with E-state index < -0.39 is 0 Å². The summed E-state index contributed by atoms with van der Waals surface area (Å²) in [4.78, 5) is 12.1. The maximum Gasteiger partial charge on any atom is 0.251 e. The van der Waals surface area contributed by atoms with Gasteiger partial charge in [-0.05, 0) is 41.9 Å². The summed E-state index contributed by atoms with van der Waals surface area (Å²) in [5, 5.41) is 3.04. The van der Waals surface area contributed by atoms with Gasteiger partial charge in [0, 0.05) is 18.2 Å². The molecular weight excluding hydrogens is 236 g/mol. The minimum absolute atomic E-state index is 0.0113. The van der Waals surface area contributed by atoms with Gasteiger partial charge in [0.2, 0.25) is 0 Å². The Labute approximate surface area is 115 Å². The van der Waals surface area contributed by atoms with E-state index in [9.17, 15) is 4.79 Å². The van der Waals surface area contributed by atoms with Gasteiger partial charge in [-0.25, -0.2) is 0 Å². The highest BCUT2D eigenvalue weighted by molar-refractivity contribution is 5.94. The van der Waals surface area contributed by atoms with Gasteiger partial charge in [-0.1, -0.05) is 32.9 Å². The minimum atomic E-state index is -0.0113. The summed E-state index contributed by atoms with van der Waals surface area (Å²) < 4.78 is 0. The number of carbonyl (C=O) groups is 1. The topological polar surface area (TPSA) is 55.1 Å². The molecule has 1 aliphatic carbocycles. The van der Waals surface area contributed by atoms with Crippen molar-refractivity contribution in [2.75, 3.05) is 6.54 Å². The van der Waals surface area contributed by atoms with E-state index in [0.717, 1.165) is 0 Å². The Balaban J connectivity index is 2.03. The Morgan fingerprint density at radius 2 is 1.89 bits per heavy atom. The molecule has 3 heteroatoms. The Bertz CT molecular complexity index is 441. The monoisotopic (exact) mass is 260 g/mol. The normalized spacial score (nSPS) is 17.1. The summed E-state index contributed by atoms with van der Waals surface area (Å²) in [5.41, 5.74) is 7.77. The largest absolute Gasteiger partial charge is 0.348 e. The van der Waals surface area contributed by atoms with Crippen molar-refractivity contribution in [3.8, 4) is 0 Å². The second kappa shape index (κ2) is 5.33. The number of amides is 1. The average molecular weight is 260 g/mol. The van der Waals surface area contributed by atoms with Crippen molar-refractivity contribution in [1.82, 2.24) is 5.32 Å². The number of rotatable bonds is 4. The summed E-state index contributed by atoms with van der Waals surface area (Å²) in [7, 11) is 0. The van der Waals surface area contributed by atoms with Crippen LogP contribution in [-0.4, -0.2) is 18.5 Å². The lowest BCUT2D eigenvalue weighted by Crippen LogP contribution is -2.41. The van der Waals surface area contributed by atoms with Crippen LogP contribution >= 0.6 is 0 Å². The van der Waals surface area contributed by atoms with E-state index >= 15 is 0 Å². The highest BCUT2D eigenvalue weighted by Crippen LogP contribution is 2.32. The van der Waals surface area contributed by atoms with Gasteiger partial charge in [0.1, 0.15) is 0 Å². The molecule has 1 aliphatic rings. The third kappa shape index (κ3) is 3.57. The summed E-state index contributed by atoms with van der Waals surface area (Å²) in [6.07, 6.45) is 2.37. The Morgan fingerprint density at radius 3 is 2.32 bits per heavy atom. The Morgan fingerprint density at radius 1 is 1.32 bits per heavy atom. The molecular formula is C16H24N2O. The van der Waals surface area contributed by atoms with Gasteiger partial charge in [-0.2, -0.15) is 0 Å². The first kappa shape index (κ1) is 14.1. The summed E-state index contributed by atoms with van der Waals surface area (Å²) in [6.45, 7) is 7.02. The molecule has 3 nitrogen and oxygen atoms in total. The van der Waals surface area contributed by atoms with Crippen molar-refractivity contribution in [2.45, 2.75) is 45.1 Å². The van der Waals surface area contributed by atoms with Crippen LogP contribution in [0, 0.1) is 5.92 Å². The quantitative estimate of drug-likeness (QED) is 0.873. The van der Waals surface area contributed by atoms with E-state index in [1.807, 2.05) is 24.3 Å². The molecule has 19 heavy (non-hydrogen) atoms. The molecule has 104 valence electrons. The highest BCUT2D eigenvalue weighted by Gasteiger charge is 2.31. The molecule has 2 rings (SSSR count). The van der Waals surface area contributed by atoms with E-state index in [4.69, 9.17) is 5.73 Å². The van der Waals surface area contributed by atoms with Crippen LogP contribution in [0.25, 0.3) is 0 Å². The number of carbonyl (C=O) groups excluding carboxylic acids is 1. The fourth-order valence-electron chi connectivity index (χ4n) is 2.24. The van der Waals surface area contributed by atoms with Crippen molar-refractivity contribution in [3.63, 3.8) is 0 Å². The third-order valence-corrected chi connectivity index (χ3v) is 3.77. The van der Waals surface area contributed by atoms with Crippen molar-refractivity contribution in [2.24, 2.45) is 11.7 Å². The zero-order valence-electron chi connectivity index (χ0n) is 12.1. The van der Waals surface area contributed by atoms with Gasteiger partial charge in [0.05, 0.1) is 0 Å². The fourth-order valence-corrected chi connectivity index (χ4v) is 2.24. The van der Waals surface area contributed by atoms with Crippen molar-refractivity contribution >= 4 is 5.91 Å². The standard InChI is InChI=1S/C16H24N2O/c1-16(2,3)13-8-6-12(7-9-13)15(19)18-14(10-17)11-4-5-11/h6-9,11,14H,4-5,10,17H2,1-3H3,(H,18,19). The van der Waals surface area contributed by atoms with Crippen molar-refractivity contribution in [3.05, 3.63) is 35.4 Å². The van der Waals surface area contributed by atoms with Gasteiger partial charge in [-0.15, -0.1) is 0 Å². The van der Waals surface area contributed by atoms with Crippen LogP contribution in [0.2, 0.25) is 0 Å². The molecule has 1 fully saturated rings. The molecule has 1 aromatic carbocycles. The van der Waals surface area contributed by atoms with Crippen LogP contribution in [0.4, 0.5) is 0 Å². The smallest absolute Gasteiger partial charge is 0.251 e. The van der Waals surface area contributed by atoms with Crippen LogP contribution in [0.15, 0.2) is 24.3 Å². The lowest BCUT2D eigenvalue weighted by molar-refractivity contribution is 0.0933. The van der Waals surface area contributed by atoms with Crippen LogP contribution in [0.1, 0.15) is 49.5 Å². The molecule has 1 amide bonds. The van der Waals surface area contributed by atoms with Gasteiger partial charge in [0.15, 0.2) is 0 Å². The van der Waals surface area contributed by atoms with E-state index in [1.165, 1.54) is 18.4 Å². The number of nitrogens with two attached hydrogens (primary N) is 1. The first-order valence-corrected chi connectivity index (χ1v) is 7.03. The van der Waals surface area contributed by atoms with Gasteiger partial charge < -0.3 is 11.1 Å². The third-order valence-electron chi connectivity index (χ3n) is 3.77. The van der Waals surface area contributed by atoms with E-state index in [1.54, 1.807) is 0 Å². The highest BCUT2D eigenvalue weighted by atomic mass is 16.1. The van der Waals surface area contributed by atoms with E-state index in [0.29, 0.717) is 18.0 Å². The van der Waals surface area contributed by atoms with Gasteiger partial charge in [-0.3, -0.25) is 4.79 Å². The SMILES string of the molecule is CC(C)(C)c1ccc(C(=O)NC(CN)C2CC2)cc1. The molecule has 3 N–H and O–H groups in total. The lowest BCUT2D eigenvalue weighted by atomic mass is 9.86. The van der Waals surface area contributed by atoms with E-state index in [2.05, 4.69) is 26.1 Å². The zero-order chi connectivity index (χ0) is 14.0. The second-order valence-corrected chi connectivity index (χ2v) is 6.48. The van der Waals surface area contributed by atoms with Crippen molar-refractivity contribution < 1.29 is 4.79 Å². The van der Waals surface area contributed by atoms with Gasteiger partial charge in [0.25, 0.3) is 5.91 Å². The molecule has 0 saturated heterocycles. The maximum absolute atomic E-state index is 12.1. The predicted molar refractivity (Wildman–Crippen MR) is 78.2 cm³/mol. The second-order valence-electron chi connectivity index (χ2n) is 6.48. The fraction of sp³-hybridized carbons (Fsp3) is 0.562. The molecule has 1 aromatic rings. The van der Waals surface area contributed by atoms with Gasteiger partial charge >= 0.3 is 0 Å². The summed E-state index contributed by atoms with van der Waals surface area (Å²) >= 11 is 0. The average Bonchev–Trinajstić information content (AvgIpc) is 3.19. The maximum atomic E-state index is 12.1. The first-order valence-electron chi connectivity index (χ1n) is 7.03. The number of hydrogen-bond donors (Lipinski definition) is 2. The predicted octanol–water partition coefficient (Wildman–Crippen LogP) is 2.45. The molecule has 0 radical (unpaired) electrons. The molecule has 1 unspecified atom stereocenters. The molecule has 1 saturated carbocycles. The molecule has 1 atom stereocenters. The molecule has 0 bridgehead atoms. The Kier molecular flexibility index (Phi) is 3.95. The lowest BCUT2D eigenvalue weighted by Gasteiger charge is -2.20. The zero-order valence-corrected chi connectivity index (χ0v) is 12.1. The van der Waals surface area contributed by atoms with Crippen LogP contribution < -0.4 is 11.1 Å². The van der Waals surface area contributed by atoms with Crippen LogP contribution in [0.3, 0.4) is 0 Å². The van der Waals surface area contributed by atoms with Crippen LogP contribution in [0.5, 0.6) is 0 Å². The molecule has 0 aliphatic heterocycles. The Hall–Kier alpha value is -1.35. The summed E-state index contributed by atoms with van der Waals surface area (Å²) in [5.74, 6) is 0.575. The number of hydrogen-bond acceptors (Lipinski definition) is 2. The van der Waals surface area contributed by atoms with E-state index in [-0.39, 0.29) is 17.4 Å². The molecule has 0 heterocycles. The minimum Gasteiger partial charge on any atom is -0.348 e. The first-order chi connectivity index (χ1) is 8.91. The molecule has 0 aromatic heterocycles. The number of benzene rings is 1. The van der Waals surface area contributed by atoms with Crippen molar-refractivity contribution in [1.29, 1.82) is 0 Å². The summed E-state index contributed by atoms with van der Waals surface area (Å²) in [6, 6.07) is 7.99. The van der Waals surface area contributed by atoms with Crippen LogP contribution in [-0.2, 0) is 5.41 Å². The number of nitrogens with one attached hydrogen (secondary N) is 1. The molecule has 0 spiro atoms.